The SMILES string of the molecule is NC(=O)CC(OC(=O)CCC(=O)OC(CC(N)=O)C(=O)OC(=O)c1ccccc1)C(=O)OC(=O)c1ccccc1. The molecule has 0 saturated carbocycles. The fraction of sp³-hybridized carbons (Fsp3) is 0.231. The van der Waals surface area contributed by atoms with E-state index in [0.717, 1.165) is 0 Å². The van der Waals surface area contributed by atoms with Crippen LogP contribution in [-0.2, 0) is 47.7 Å². The van der Waals surface area contributed by atoms with E-state index in [-0.39, 0.29) is 11.1 Å². The zero-order valence-corrected chi connectivity index (χ0v) is 20.8. The predicted molar refractivity (Wildman–Crippen MR) is 130 cm³/mol. The van der Waals surface area contributed by atoms with E-state index in [2.05, 4.69) is 9.47 Å². The highest BCUT2D eigenvalue weighted by Gasteiger charge is 2.31. The van der Waals surface area contributed by atoms with Gasteiger partial charge in [0.1, 0.15) is 0 Å². The Morgan fingerprint density at radius 1 is 0.550 bits per heavy atom. The number of hydrogen-bond acceptors (Lipinski definition) is 12. The molecule has 14 nitrogen and oxygen atoms in total. The Kier molecular flexibility index (Phi) is 11.6. The smallest absolute Gasteiger partial charge is 0.355 e. The lowest BCUT2D eigenvalue weighted by Gasteiger charge is -2.16. The lowest BCUT2D eigenvalue weighted by Crippen LogP contribution is -2.36. The topological polar surface area (TPSA) is 226 Å². The maximum atomic E-state index is 12.3. The van der Waals surface area contributed by atoms with Gasteiger partial charge in [0.2, 0.25) is 24.0 Å². The van der Waals surface area contributed by atoms with E-state index in [1.807, 2.05) is 0 Å². The van der Waals surface area contributed by atoms with Crippen molar-refractivity contribution in [1.29, 1.82) is 0 Å². The Morgan fingerprint density at radius 2 is 0.875 bits per heavy atom. The molecule has 40 heavy (non-hydrogen) atoms. The summed E-state index contributed by atoms with van der Waals surface area (Å²) in [6.07, 6.45) is -6.88. The second kappa shape index (κ2) is 15.1. The number of hydrogen-bond donors (Lipinski definition) is 2. The minimum absolute atomic E-state index is 0.0113. The summed E-state index contributed by atoms with van der Waals surface area (Å²) in [4.78, 5) is 95.8. The van der Waals surface area contributed by atoms with E-state index < -0.39 is 85.5 Å². The maximum Gasteiger partial charge on any atom is 0.355 e. The average molecular weight is 556 g/mol. The number of rotatable bonds is 13. The summed E-state index contributed by atoms with van der Waals surface area (Å²) in [6.45, 7) is 0. The lowest BCUT2D eigenvalue weighted by atomic mass is 10.2. The minimum atomic E-state index is -1.89. The van der Waals surface area contributed by atoms with Crippen molar-refractivity contribution in [2.45, 2.75) is 37.9 Å². The fourth-order valence-corrected chi connectivity index (χ4v) is 2.93. The summed E-state index contributed by atoms with van der Waals surface area (Å²) in [5.41, 5.74) is 10.1. The number of amides is 2. The summed E-state index contributed by atoms with van der Waals surface area (Å²) < 4.78 is 18.9. The van der Waals surface area contributed by atoms with Crippen molar-refractivity contribution in [3.05, 3.63) is 71.8 Å². The normalized spacial score (nSPS) is 11.7. The van der Waals surface area contributed by atoms with E-state index in [4.69, 9.17) is 20.9 Å². The van der Waals surface area contributed by atoms with Crippen LogP contribution in [0.2, 0.25) is 0 Å². The van der Waals surface area contributed by atoms with Gasteiger partial charge in [-0.3, -0.25) is 19.2 Å². The van der Waals surface area contributed by atoms with Crippen LogP contribution < -0.4 is 11.5 Å². The molecule has 0 aliphatic rings. The van der Waals surface area contributed by atoms with Crippen LogP contribution in [0.5, 0.6) is 0 Å². The Hall–Kier alpha value is -5.40. The molecule has 2 atom stereocenters. The Balaban J connectivity index is 1.94. The van der Waals surface area contributed by atoms with Crippen LogP contribution in [0.25, 0.3) is 0 Å². The molecule has 0 fully saturated rings. The minimum Gasteiger partial charge on any atom is -0.450 e. The number of ether oxygens (including phenoxy) is 4. The second-order valence-electron chi connectivity index (χ2n) is 7.95. The number of carbonyl (C=O) groups excluding carboxylic acids is 8. The second-order valence-corrected chi connectivity index (χ2v) is 7.95. The van der Waals surface area contributed by atoms with Gasteiger partial charge in [0.15, 0.2) is 0 Å². The summed E-state index contributed by atoms with van der Waals surface area (Å²) in [7, 11) is 0. The maximum absolute atomic E-state index is 12.3. The number of benzene rings is 2. The van der Waals surface area contributed by atoms with Crippen molar-refractivity contribution in [3.8, 4) is 0 Å². The molecule has 2 aromatic carbocycles. The Bertz CT molecular complexity index is 1180. The fourth-order valence-electron chi connectivity index (χ4n) is 2.93. The van der Waals surface area contributed by atoms with Crippen LogP contribution in [0.1, 0.15) is 46.4 Å². The molecule has 210 valence electrons. The average Bonchev–Trinajstić information content (AvgIpc) is 2.91. The van der Waals surface area contributed by atoms with E-state index >= 15 is 0 Å². The van der Waals surface area contributed by atoms with Gasteiger partial charge in [-0.2, -0.15) is 0 Å². The van der Waals surface area contributed by atoms with Gasteiger partial charge in [-0.1, -0.05) is 36.4 Å². The predicted octanol–water partition coefficient (Wildman–Crippen LogP) is 0.108. The van der Waals surface area contributed by atoms with Crippen molar-refractivity contribution >= 4 is 47.6 Å². The molecule has 14 heteroatoms. The zero-order valence-electron chi connectivity index (χ0n) is 20.8. The Morgan fingerprint density at radius 3 is 1.18 bits per heavy atom. The van der Waals surface area contributed by atoms with Crippen LogP contribution in [0.3, 0.4) is 0 Å². The number of carbonyl (C=O) groups is 8. The summed E-state index contributed by atoms with van der Waals surface area (Å²) >= 11 is 0. The van der Waals surface area contributed by atoms with Crippen LogP contribution in [-0.4, -0.2) is 59.8 Å². The first-order valence-electron chi connectivity index (χ1n) is 11.5. The third-order valence-electron chi connectivity index (χ3n) is 4.79. The molecule has 0 aliphatic carbocycles. The molecule has 0 bridgehead atoms. The monoisotopic (exact) mass is 556 g/mol. The highest BCUT2D eigenvalue weighted by atomic mass is 16.6. The van der Waals surface area contributed by atoms with E-state index in [1.165, 1.54) is 48.5 Å². The van der Waals surface area contributed by atoms with E-state index in [0.29, 0.717) is 0 Å². The van der Waals surface area contributed by atoms with Gasteiger partial charge < -0.3 is 30.4 Å². The first-order chi connectivity index (χ1) is 19.0. The van der Waals surface area contributed by atoms with Gasteiger partial charge in [0, 0.05) is 0 Å². The van der Waals surface area contributed by atoms with Gasteiger partial charge in [-0.15, -0.1) is 0 Å². The standard InChI is InChI=1S/C26H24N2O12/c27-19(29)13-17(25(35)39-23(33)15-7-3-1-4-8-15)37-21(31)11-12-22(32)38-18(14-20(28)30)26(36)40-24(34)16-9-5-2-6-10-16/h1-10,17-18H,11-14H2,(H2,27,29)(H2,28,30). The highest BCUT2D eigenvalue weighted by molar-refractivity contribution is 6.00. The van der Waals surface area contributed by atoms with Crippen molar-refractivity contribution < 1.29 is 57.3 Å². The van der Waals surface area contributed by atoms with Gasteiger partial charge in [-0.25, -0.2) is 19.2 Å². The largest absolute Gasteiger partial charge is 0.450 e. The summed E-state index contributed by atoms with van der Waals surface area (Å²) in [5.74, 6) is -9.40. The van der Waals surface area contributed by atoms with Crippen LogP contribution >= 0.6 is 0 Å². The molecular formula is C26H24N2O12. The molecule has 0 radical (unpaired) electrons. The summed E-state index contributed by atoms with van der Waals surface area (Å²) in [5, 5.41) is 0. The molecule has 2 unspecified atom stereocenters. The molecular weight excluding hydrogens is 532 g/mol. The van der Waals surface area contributed by atoms with Crippen LogP contribution in [0.15, 0.2) is 60.7 Å². The van der Waals surface area contributed by atoms with Crippen molar-refractivity contribution in [2.24, 2.45) is 11.5 Å². The lowest BCUT2D eigenvalue weighted by molar-refractivity contribution is -0.169. The molecule has 0 heterocycles. The molecule has 0 spiro atoms. The Labute approximate surface area is 226 Å². The van der Waals surface area contributed by atoms with Crippen LogP contribution in [0.4, 0.5) is 0 Å². The van der Waals surface area contributed by atoms with Gasteiger partial charge in [0.25, 0.3) is 0 Å². The molecule has 0 saturated heterocycles. The molecule has 2 rings (SSSR count). The molecule has 0 aliphatic heterocycles. The number of nitrogens with two attached hydrogens (primary N) is 2. The number of primary amides is 2. The third-order valence-corrected chi connectivity index (χ3v) is 4.79. The van der Waals surface area contributed by atoms with Gasteiger partial charge in [0.05, 0.1) is 36.8 Å². The molecule has 0 aromatic heterocycles. The quantitative estimate of drug-likeness (QED) is 0.190. The third kappa shape index (κ3) is 10.5. The van der Waals surface area contributed by atoms with Crippen LogP contribution in [0, 0.1) is 0 Å². The molecule has 2 aromatic rings. The van der Waals surface area contributed by atoms with Gasteiger partial charge >= 0.3 is 35.8 Å². The van der Waals surface area contributed by atoms with E-state index in [1.54, 1.807) is 12.1 Å². The van der Waals surface area contributed by atoms with Crippen molar-refractivity contribution in [1.82, 2.24) is 0 Å². The van der Waals surface area contributed by atoms with E-state index in [9.17, 15) is 38.4 Å². The highest BCUT2D eigenvalue weighted by Crippen LogP contribution is 2.11. The molecule has 2 amide bonds. The number of esters is 6. The first kappa shape index (κ1) is 30.8. The summed E-state index contributed by atoms with van der Waals surface area (Å²) in [6, 6.07) is 14.7. The van der Waals surface area contributed by atoms with Gasteiger partial charge in [-0.05, 0) is 24.3 Å². The first-order valence-corrected chi connectivity index (χ1v) is 11.5. The zero-order chi connectivity index (χ0) is 29.7. The molecule has 4 N–H and O–H groups in total. The van der Waals surface area contributed by atoms with Crippen molar-refractivity contribution in [2.75, 3.05) is 0 Å². The van der Waals surface area contributed by atoms with Crippen molar-refractivity contribution in [3.63, 3.8) is 0 Å².